The van der Waals surface area contributed by atoms with Gasteiger partial charge in [-0.05, 0) is 37.1 Å². The maximum atomic E-state index is 12.0. The molecule has 0 aromatic heterocycles. The number of ether oxygens (including phenoxy) is 1. The fourth-order valence-electron chi connectivity index (χ4n) is 2.42. The van der Waals surface area contributed by atoms with Gasteiger partial charge in [0.1, 0.15) is 5.75 Å². The van der Waals surface area contributed by atoms with Crippen molar-refractivity contribution >= 4 is 17.6 Å². The number of nitrogens with one attached hydrogen (secondary N) is 3. The number of carbonyl (C=O) groups excluding carboxylic acids is 2. The minimum Gasteiger partial charge on any atom is -0.406 e. The van der Waals surface area contributed by atoms with E-state index < -0.39 is 18.3 Å². The highest BCUT2D eigenvalue weighted by atomic mass is 19.4. The van der Waals surface area contributed by atoms with Crippen molar-refractivity contribution in [2.24, 2.45) is 0 Å². The van der Waals surface area contributed by atoms with E-state index in [-0.39, 0.29) is 18.3 Å². The second-order valence-electron chi connectivity index (χ2n) is 5.43. The molecular weight excluding hydrogens is 327 g/mol. The van der Waals surface area contributed by atoms with Gasteiger partial charge >= 0.3 is 12.4 Å². The van der Waals surface area contributed by atoms with E-state index in [1.54, 1.807) is 0 Å². The van der Waals surface area contributed by atoms with Gasteiger partial charge in [0.2, 0.25) is 5.91 Å². The number of imide groups is 1. The third kappa shape index (κ3) is 6.35. The smallest absolute Gasteiger partial charge is 0.406 e. The Morgan fingerprint density at radius 2 is 1.75 bits per heavy atom. The maximum Gasteiger partial charge on any atom is 0.573 e. The van der Waals surface area contributed by atoms with Crippen LogP contribution in [-0.2, 0) is 4.79 Å². The Balaban J connectivity index is 1.72. The van der Waals surface area contributed by atoms with E-state index in [4.69, 9.17) is 0 Å². The van der Waals surface area contributed by atoms with Crippen LogP contribution in [0.15, 0.2) is 24.3 Å². The van der Waals surface area contributed by atoms with E-state index in [0.717, 1.165) is 37.8 Å². The number of halogens is 3. The Morgan fingerprint density at radius 3 is 2.33 bits per heavy atom. The highest BCUT2D eigenvalue weighted by molar-refractivity contribution is 5.96. The number of benzene rings is 1. The van der Waals surface area contributed by atoms with E-state index in [1.165, 1.54) is 12.1 Å². The summed E-state index contributed by atoms with van der Waals surface area (Å²) < 4.78 is 39.8. The van der Waals surface area contributed by atoms with Crippen molar-refractivity contribution in [1.82, 2.24) is 10.6 Å². The number of anilines is 1. The molecule has 9 heteroatoms. The number of hydrogen-bond acceptors (Lipinski definition) is 4. The van der Waals surface area contributed by atoms with Gasteiger partial charge in [-0.1, -0.05) is 12.8 Å². The van der Waals surface area contributed by atoms with Gasteiger partial charge in [-0.25, -0.2) is 4.79 Å². The molecular formula is C15H18F3N3O3. The van der Waals surface area contributed by atoms with Gasteiger partial charge in [-0.2, -0.15) is 0 Å². The van der Waals surface area contributed by atoms with E-state index in [2.05, 4.69) is 20.7 Å². The van der Waals surface area contributed by atoms with Crippen molar-refractivity contribution in [3.8, 4) is 5.75 Å². The Hall–Kier alpha value is -2.45. The molecule has 0 heterocycles. The van der Waals surface area contributed by atoms with Crippen molar-refractivity contribution in [2.45, 2.75) is 38.1 Å². The van der Waals surface area contributed by atoms with Crippen molar-refractivity contribution in [2.75, 3.05) is 11.9 Å². The molecule has 0 unspecified atom stereocenters. The average Bonchev–Trinajstić information content (AvgIpc) is 2.97. The fraction of sp³-hybridized carbons (Fsp3) is 0.467. The molecule has 0 radical (unpaired) electrons. The second kappa shape index (κ2) is 7.89. The molecule has 3 N–H and O–H groups in total. The minimum absolute atomic E-state index is 0.104. The summed E-state index contributed by atoms with van der Waals surface area (Å²) in [6.45, 7) is -0.183. The summed E-state index contributed by atoms with van der Waals surface area (Å²) in [6, 6.07) is 4.50. The standard InChI is InChI=1S/C15H18F3N3O3/c16-15(17,18)24-12-7-5-10(6-8-12)19-9-13(22)21-14(23)20-11-3-1-2-4-11/h5-8,11,19H,1-4,9H2,(H2,20,21,22,23). The lowest BCUT2D eigenvalue weighted by atomic mass is 10.2. The fourth-order valence-corrected chi connectivity index (χ4v) is 2.42. The molecule has 0 spiro atoms. The molecule has 1 saturated carbocycles. The van der Waals surface area contributed by atoms with Crippen LogP contribution in [0.25, 0.3) is 0 Å². The first kappa shape index (κ1) is 17.9. The quantitative estimate of drug-likeness (QED) is 0.767. The summed E-state index contributed by atoms with van der Waals surface area (Å²) >= 11 is 0. The molecule has 1 aromatic carbocycles. The van der Waals surface area contributed by atoms with E-state index >= 15 is 0 Å². The molecule has 0 bridgehead atoms. The van der Waals surface area contributed by atoms with Crippen LogP contribution < -0.4 is 20.7 Å². The van der Waals surface area contributed by atoms with Crippen LogP contribution in [0.5, 0.6) is 5.75 Å². The molecule has 6 nitrogen and oxygen atoms in total. The van der Waals surface area contributed by atoms with Gasteiger partial charge in [0.15, 0.2) is 0 Å². The lowest BCUT2D eigenvalue weighted by molar-refractivity contribution is -0.274. The van der Waals surface area contributed by atoms with Gasteiger partial charge in [0.25, 0.3) is 0 Å². The molecule has 24 heavy (non-hydrogen) atoms. The van der Waals surface area contributed by atoms with Gasteiger partial charge in [0.05, 0.1) is 6.54 Å². The number of hydrogen-bond donors (Lipinski definition) is 3. The Bertz CT molecular complexity index is 570. The van der Waals surface area contributed by atoms with Crippen molar-refractivity contribution in [3.05, 3.63) is 24.3 Å². The average molecular weight is 345 g/mol. The van der Waals surface area contributed by atoms with Crippen LogP contribution in [0, 0.1) is 0 Å². The van der Waals surface area contributed by atoms with E-state index in [9.17, 15) is 22.8 Å². The largest absolute Gasteiger partial charge is 0.573 e. The zero-order valence-corrected chi connectivity index (χ0v) is 12.8. The molecule has 132 valence electrons. The van der Waals surface area contributed by atoms with Crippen LogP contribution >= 0.6 is 0 Å². The highest BCUT2D eigenvalue weighted by Crippen LogP contribution is 2.23. The van der Waals surface area contributed by atoms with Gasteiger partial charge in [-0.3, -0.25) is 10.1 Å². The molecule has 2 rings (SSSR count). The minimum atomic E-state index is -4.75. The zero-order valence-electron chi connectivity index (χ0n) is 12.8. The first-order chi connectivity index (χ1) is 11.3. The van der Waals surface area contributed by atoms with Crippen molar-refractivity contribution in [1.29, 1.82) is 0 Å². The summed E-state index contributed by atoms with van der Waals surface area (Å²) in [7, 11) is 0. The monoisotopic (exact) mass is 345 g/mol. The normalized spacial score (nSPS) is 15.0. The molecule has 1 aromatic rings. The number of amides is 3. The zero-order chi connectivity index (χ0) is 17.6. The first-order valence-corrected chi connectivity index (χ1v) is 7.52. The predicted octanol–water partition coefficient (Wildman–Crippen LogP) is 2.77. The number of urea groups is 1. The van der Waals surface area contributed by atoms with E-state index in [0.29, 0.717) is 5.69 Å². The summed E-state index contributed by atoms with van der Waals surface area (Å²) in [5, 5.41) is 7.61. The first-order valence-electron chi connectivity index (χ1n) is 7.52. The van der Waals surface area contributed by atoms with Crippen LogP contribution in [0.2, 0.25) is 0 Å². The van der Waals surface area contributed by atoms with Gasteiger partial charge < -0.3 is 15.4 Å². The lowest BCUT2D eigenvalue weighted by Gasteiger charge is -2.13. The third-order valence-corrected chi connectivity index (χ3v) is 3.48. The number of alkyl halides is 3. The predicted molar refractivity (Wildman–Crippen MR) is 80.5 cm³/mol. The summed E-state index contributed by atoms with van der Waals surface area (Å²) in [5.41, 5.74) is 0.427. The second-order valence-corrected chi connectivity index (χ2v) is 5.43. The van der Waals surface area contributed by atoms with Crippen molar-refractivity contribution < 1.29 is 27.5 Å². The van der Waals surface area contributed by atoms with E-state index in [1.807, 2.05) is 0 Å². The summed E-state index contributed by atoms with van der Waals surface area (Å²) in [6.07, 6.45) is -0.803. The maximum absolute atomic E-state index is 12.0. The van der Waals surface area contributed by atoms with Gasteiger partial charge in [-0.15, -0.1) is 13.2 Å². The van der Waals surface area contributed by atoms with Gasteiger partial charge in [0, 0.05) is 11.7 Å². The number of carbonyl (C=O) groups is 2. The van der Waals surface area contributed by atoms with Crippen molar-refractivity contribution in [3.63, 3.8) is 0 Å². The SMILES string of the molecule is O=C(CNc1ccc(OC(F)(F)F)cc1)NC(=O)NC1CCCC1. The molecule has 0 atom stereocenters. The topological polar surface area (TPSA) is 79.5 Å². The Morgan fingerprint density at radius 1 is 1.12 bits per heavy atom. The molecule has 3 amide bonds. The van der Waals surface area contributed by atoms with Crippen LogP contribution in [0.1, 0.15) is 25.7 Å². The summed E-state index contributed by atoms with van der Waals surface area (Å²) in [4.78, 5) is 23.3. The van der Waals surface area contributed by atoms with Crippen LogP contribution in [0.4, 0.5) is 23.7 Å². The molecule has 1 fully saturated rings. The Labute approximate surface area is 136 Å². The molecule has 0 aliphatic heterocycles. The molecule has 1 aliphatic rings. The summed E-state index contributed by atoms with van der Waals surface area (Å²) in [5.74, 6) is -0.894. The van der Waals surface area contributed by atoms with Crippen LogP contribution in [0.3, 0.4) is 0 Å². The lowest BCUT2D eigenvalue weighted by Crippen LogP contribution is -2.45. The molecule has 0 saturated heterocycles. The highest BCUT2D eigenvalue weighted by Gasteiger charge is 2.30. The Kier molecular flexibility index (Phi) is 5.88. The molecule has 1 aliphatic carbocycles. The number of rotatable bonds is 5. The third-order valence-electron chi connectivity index (χ3n) is 3.48. The van der Waals surface area contributed by atoms with Crippen LogP contribution in [-0.4, -0.2) is 30.9 Å².